The van der Waals surface area contributed by atoms with Gasteiger partial charge in [-0.05, 0) is 36.6 Å². The molecule has 1 spiro atoms. The van der Waals surface area contributed by atoms with Crippen LogP contribution in [0.3, 0.4) is 0 Å². The number of rotatable bonds is 3. The Kier molecular flexibility index (Phi) is 4.77. The van der Waals surface area contributed by atoms with Gasteiger partial charge < -0.3 is 15.1 Å². The van der Waals surface area contributed by atoms with Crippen molar-refractivity contribution < 1.29 is 4.79 Å². The third-order valence-corrected chi connectivity index (χ3v) is 5.65. The predicted octanol–water partition coefficient (Wildman–Crippen LogP) is 2.59. The van der Waals surface area contributed by atoms with Crippen molar-refractivity contribution >= 4 is 35.0 Å². The van der Waals surface area contributed by atoms with Gasteiger partial charge in [0.2, 0.25) is 11.2 Å². The van der Waals surface area contributed by atoms with E-state index in [-0.39, 0.29) is 16.6 Å². The number of nitrogens with zero attached hydrogens (tertiary/aromatic N) is 6. The molecule has 0 unspecified atom stereocenters. The van der Waals surface area contributed by atoms with Crippen LogP contribution >= 0.6 is 11.6 Å². The number of nitrogens with one attached hydrogen (secondary N) is 1. The first-order valence-corrected chi connectivity index (χ1v) is 9.52. The van der Waals surface area contributed by atoms with Crippen LogP contribution in [0.2, 0.25) is 5.28 Å². The van der Waals surface area contributed by atoms with E-state index in [4.69, 9.17) is 16.9 Å². The van der Waals surface area contributed by atoms with Crippen LogP contribution in [0.5, 0.6) is 0 Å². The number of aromatic nitrogens is 3. The third-order valence-electron chi connectivity index (χ3n) is 5.48. The summed E-state index contributed by atoms with van der Waals surface area (Å²) in [6, 6.07) is 7.21. The SMILES string of the molecule is CC(=O)N1CCC2(CC1)CN(c1cc(Nc3cc(C#N)ccn3)nc(Cl)n1)C2. The fraction of sp³-hybridized carbons (Fsp3) is 0.421. The normalized spacial score (nSPS) is 17.8. The van der Waals surface area contributed by atoms with Crippen molar-refractivity contribution in [1.82, 2.24) is 19.9 Å². The molecule has 1 amide bonds. The zero-order chi connectivity index (χ0) is 19.7. The van der Waals surface area contributed by atoms with E-state index in [1.54, 1.807) is 25.3 Å². The maximum absolute atomic E-state index is 11.5. The molecular weight excluding hydrogens is 378 g/mol. The minimum absolute atomic E-state index is 0.151. The van der Waals surface area contributed by atoms with Gasteiger partial charge >= 0.3 is 0 Å². The van der Waals surface area contributed by atoms with E-state index in [9.17, 15) is 4.79 Å². The fourth-order valence-corrected chi connectivity index (χ4v) is 4.05. The van der Waals surface area contributed by atoms with Crippen LogP contribution in [-0.2, 0) is 4.79 Å². The summed E-state index contributed by atoms with van der Waals surface area (Å²) in [5.74, 6) is 1.97. The summed E-state index contributed by atoms with van der Waals surface area (Å²) in [5, 5.41) is 12.3. The van der Waals surface area contributed by atoms with Crippen molar-refractivity contribution in [3.8, 4) is 6.07 Å². The Hall–Kier alpha value is -2.92. The molecule has 28 heavy (non-hydrogen) atoms. The van der Waals surface area contributed by atoms with E-state index in [0.717, 1.165) is 44.8 Å². The molecule has 2 aromatic heterocycles. The monoisotopic (exact) mass is 397 g/mol. The summed E-state index contributed by atoms with van der Waals surface area (Å²) >= 11 is 6.13. The second-order valence-corrected chi connectivity index (χ2v) is 7.75. The molecule has 0 aliphatic carbocycles. The van der Waals surface area contributed by atoms with Gasteiger partial charge in [-0.25, -0.2) is 15.0 Å². The molecule has 0 radical (unpaired) electrons. The van der Waals surface area contributed by atoms with Crippen LogP contribution in [0, 0.1) is 16.7 Å². The summed E-state index contributed by atoms with van der Waals surface area (Å²) in [6.07, 6.45) is 3.59. The molecule has 2 fully saturated rings. The van der Waals surface area contributed by atoms with E-state index in [0.29, 0.717) is 17.2 Å². The highest BCUT2D eigenvalue weighted by Gasteiger charge is 2.45. The topological polar surface area (TPSA) is 98.0 Å². The molecular formula is C19H20ClN7O. The highest BCUT2D eigenvalue weighted by atomic mass is 35.5. The smallest absolute Gasteiger partial charge is 0.226 e. The Morgan fingerprint density at radius 2 is 2.00 bits per heavy atom. The van der Waals surface area contributed by atoms with Crippen molar-refractivity contribution in [3.05, 3.63) is 35.2 Å². The summed E-state index contributed by atoms with van der Waals surface area (Å²) in [4.78, 5) is 28.4. The Morgan fingerprint density at radius 3 is 2.68 bits per heavy atom. The number of hydrogen-bond donors (Lipinski definition) is 1. The van der Waals surface area contributed by atoms with Gasteiger partial charge in [0.1, 0.15) is 17.5 Å². The lowest BCUT2D eigenvalue weighted by Gasteiger charge is -2.54. The van der Waals surface area contributed by atoms with Crippen LogP contribution in [0.25, 0.3) is 0 Å². The molecule has 0 atom stereocenters. The van der Waals surface area contributed by atoms with Gasteiger partial charge in [-0.2, -0.15) is 5.26 Å². The highest BCUT2D eigenvalue weighted by Crippen LogP contribution is 2.42. The number of halogens is 1. The first kappa shape index (κ1) is 18.4. The van der Waals surface area contributed by atoms with Crippen molar-refractivity contribution in [2.24, 2.45) is 5.41 Å². The lowest BCUT2D eigenvalue weighted by Crippen LogP contribution is -2.61. The number of piperidine rings is 1. The summed E-state index contributed by atoms with van der Waals surface area (Å²) in [6.45, 7) is 5.06. The molecule has 8 nitrogen and oxygen atoms in total. The van der Waals surface area contributed by atoms with Crippen LogP contribution in [-0.4, -0.2) is 51.9 Å². The molecule has 1 N–H and O–H groups in total. The third kappa shape index (κ3) is 3.71. The van der Waals surface area contributed by atoms with Crippen molar-refractivity contribution in [1.29, 1.82) is 5.26 Å². The van der Waals surface area contributed by atoms with E-state index < -0.39 is 0 Å². The van der Waals surface area contributed by atoms with Crippen LogP contribution < -0.4 is 10.2 Å². The standard InChI is InChI=1S/C19H20ClN7O/c1-13(28)26-6-3-19(4-7-26)11-27(12-19)17-9-16(24-18(20)25-17)23-15-8-14(10-21)2-5-22-15/h2,5,8-9H,3-4,6-7,11-12H2,1H3,(H,22,23,24,25). The molecule has 2 aliphatic heterocycles. The number of amides is 1. The minimum Gasteiger partial charge on any atom is -0.355 e. The number of carbonyl (C=O) groups is 1. The lowest BCUT2D eigenvalue weighted by atomic mass is 9.72. The molecule has 9 heteroatoms. The molecule has 2 aromatic rings. The lowest BCUT2D eigenvalue weighted by molar-refractivity contribution is -0.131. The summed E-state index contributed by atoms with van der Waals surface area (Å²) in [5.41, 5.74) is 0.763. The number of likely N-dealkylation sites (tertiary alicyclic amines) is 1. The first-order chi connectivity index (χ1) is 13.5. The molecule has 4 rings (SSSR count). The second kappa shape index (κ2) is 7.24. The molecule has 0 bridgehead atoms. The largest absolute Gasteiger partial charge is 0.355 e. The van der Waals surface area contributed by atoms with Gasteiger partial charge in [-0.15, -0.1) is 0 Å². The van der Waals surface area contributed by atoms with Gasteiger partial charge in [0.05, 0.1) is 11.6 Å². The average Bonchev–Trinajstić information content (AvgIpc) is 2.65. The predicted molar refractivity (Wildman–Crippen MR) is 105 cm³/mol. The number of hydrogen-bond acceptors (Lipinski definition) is 7. The number of carbonyl (C=O) groups excluding carboxylic acids is 1. The van der Waals surface area contributed by atoms with Gasteiger partial charge in [0.15, 0.2) is 0 Å². The first-order valence-electron chi connectivity index (χ1n) is 9.15. The molecule has 144 valence electrons. The Bertz CT molecular complexity index is 942. The quantitative estimate of drug-likeness (QED) is 0.794. The van der Waals surface area contributed by atoms with Crippen LogP contribution in [0.1, 0.15) is 25.3 Å². The molecule has 2 aliphatic rings. The van der Waals surface area contributed by atoms with E-state index >= 15 is 0 Å². The van der Waals surface area contributed by atoms with Gasteiger partial charge in [0, 0.05) is 50.8 Å². The number of anilines is 3. The van der Waals surface area contributed by atoms with Gasteiger partial charge in [0.25, 0.3) is 0 Å². The molecule has 4 heterocycles. The number of pyridine rings is 1. The summed E-state index contributed by atoms with van der Waals surface area (Å²) in [7, 11) is 0. The fourth-order valence-electron chi connectivity index (χ4n) is 3.87. The maximum atomic E-state index is 11.5. The Morgan fingerprint density at radius 1 is 1.25 bits per heavy atom. The highest BCUT2D eigenvalue weighted by molar-refractivity contribution is 6.28. The Labute approximate surface area is 168 Å². The van der Waals surface area contributed by atoms with Gasteiger partial charge in [-0.1, -0.05) is 0 Å². The van der Waals surface area contributed by atoms with E-state index in [1.807, 2.05) is 11.0 Å². The van der Waals surface area contributed by atoms with Crippen molar-refractivity contribution in [3.63, 3.8) is 0 Å². The molecule has 0 aromatic carbocycles. The van der Waals surface area contributed by atoms with Crippen LogP contribution in [0.4, 0.5) is 17.5 Å². The zero-order valence-corrected chi connectivity index (χ0v) is 16.3. The van der Waals surface area contributed by atoms with Gasteiger partial charge in [-0.3, -0.25) is 4.79 Å². The van der Waals surface area contributed by atoms with Crippen molar-refractivity contribution in [2.75, 3.05) is 36.4 Å². The van der Waals surface area contributed by atoms with Crippen LogP contribution in [0.15, 0.2) is 24.4 Å². The molecule has 2 saturated heterocycles. The Balaban J connectivity index is 1.44. The zero-order valence-electron chi connectivity index (χ0n) is 15.5. The maximum Gasteiger partial charge on any atom is 0.226 e. The van der Waals surface area contributed by atoms with Crippen molar-refractivity contribution in [2.45, 2.75) is 19.8 Å². The second-order valence-electron chi connectivity index (χ2n) is 7.41. The summed E-state index contributed by atoms with van der Waals surface area (Å²) < 4.78 is 0. The minimum atomic E-state index is 0.151. The average molecular weight is 398 g/mol. The molecule has 0 saturated carbocycles. The van der Waals surface area contributed by atoms with E-state index in [2.05, 4.69) is 31.2 Å². The number of nitriles is 1. The van der Waals surface area contributed by atoms with E-state index in [1.165, 1.54) is 0 Å².